The molecule has 1 aromatic heterocycles. The maximum Gasteiger partial charge on any atom is 0.307 e. The van der Waals surface area contributed by atoms with Crippen molar-refractivity contribution in [1.82, 2.24) is 4.90 Å². The van der Waals surface area contributed by atoms with Crippen LogP contribution in [0.2, 0.25) is 0 Å². The van der Waals surface area contributed by atoms with Crippen molar-refractivity contribution in [2.24, 2.45) is 5.92 Å². The smallest absolute Gasteiger partial charge is 0.307 e. The molecule has 1 unspecified atom stereocenters. The van der Waals surface area contributed by atoms with E-state index < -0.39 is 5.97 Å². The second-order valence-corrected chi connectivity index (χ2v) is 6.11. The molecule has 0 radical (unpaired) electrons. The van der Waals surface area contributed by atoms with Crippen molar-refractivity contribution in [3.8, 4) is 0 Å². The van der Waals surface area contributed by atoms with Gasteiger partial charge in [0, 0.05) is 13.1 Å². The van der Waals surface area contributed by atoms with Gasteiger partial charge in [0.25, 0.3) is 0 Å². The van der Waals surface area contributed by atoms with Crippen LogP contribution in [0.3, 0.4) is 0 Å². The Morgan fingerprint density at radius 2 is 2.44 bits per heavy atom. The van der Waals surface area contributed by atoms with Crippen LogP contribution in [0.5, 0.6) is 0 Å². The molecule has 90 valence electrons. The van der Waals surface area contributed by atoms with Gasteiger partial charge in [-0.15, -0.1) is 23.7 Å². The van der Waals surface area contributed by atoms with Crippen molar-refractivity contribution in [2.45, 2.75) is 13.0 Å². The van der Waals surface area contributed by atoms with Crippen molar-refractivity contribution < 1.29 is 9.90 Å². The number of rotatable bonds is 3. The molecule has 0 bridgehead atoms. The zero-order valence-electron chi connectivity index (χ0n) is 8.56. The fourth-order valence-electron chi connectivity index (χ4n) is 1.86. The number of halogens is 2. The summed E-state index contributed by atoms with van der Waals surface area (Å²) in [6.07, 6.45) is 0.778. The lowest BCUT2D eigenvalue weighted by Crippen LogP contribution is -2.22. The van der Waals surface area contributed by atoms with E-state index in [1.165, 1.54) is 5.56 Å². The van der Waals surface area contributed by atoms with Crippen LogP contribution >= 0.6 is 39.7 Å². The molecule has 0 saturated carbocycles. The topological polar surface area (TPSA) is 40.5 Å². The van der Waals surface area contributed by atoms with Gasteiger partial charge in [0.05, 0.1) is 9.70 Å². The molecule has 1 aromatic rings. The highest BCUT2D eigenvalue weighted by Gasteiger charge is 2.27. The molecule has 1 N–H and O–H groups in total. The van der Waals surface area contributed by atoms with Crippen molar-refractivity contribution in [3.05, 3.63) is 20.8 Å². The Kier molecular flexibility index (Phi) is 5.24. The van der Waals surface area contributed by atoms with E-state index in [4.69, 9.17) is 5.11 Å². The van der Waals surface area contributed by atoms with E-state index in [0.29, 0.717) is 6.54 Å². The maximum atomic E-state index is 10.8. The number of thiophene rings is 1. The monoisotopic (exact) mass is 325 g/mol. The van der Waals surface area contributed by atoms with E-state index >= 15 is 0 Å². The molecule has 6 heteroatoms. The first-order valence-corrected chi connectivity index (χ1v) is 6.50. The number of likely N-dealkylation sites (tertiary alicyclic amines) is 1. The highest BCUT2D eigenvalue weighted by molar-refractivity contribution is 9.11. The third-order valence-electron chi connectivity index (χ3n) is 2.65. The molecule has 0 aliphatic carbocycles. The second kappa shape index (κ2) is 6.00. The van der Waals surface area contributed by atoms with Gasteiger partial charge in [0.15, 0.2) is 0 Å². The first-order chi connectivity index (χ1) is 7.15. The first kappa shape index (κ1) is 14.0. The molecule has 1 fully saturated rings. The highest BCUT2D eigenvalue weighted by atomic mass is 79.9. The number of hydrogen-bond donors (Lipinski definition) is 1. The minimum absolute atomic E-state index is 0. The minimum atomic E-state index is -0.663. The Morgan fingerprint density at radius 3 is 2.94 bits per heavy atom. The van der Waals surface area contributed by atoms with Crippen LogP contribution in [-0.2, 0) is 11.3 Å². The molecule has 0 aromatic carbocycles. The van der Waals surface area contributed by atoms with E-state index in [1.54, 1.807) is 11.3 Å². The zero-order chi connectivity index (χ0) is 10.8. The fraction of sp³-hybridized carbons (Fsp3) is 0.500. The van der Waals surface area contributed by atoms with E-state index in [0.717, 1.165) is 23.3 Å². The normalized spacial score (nSPS) is 20.7. The summed E-state index contributed by atoms with van der Waals surface area (Å²) < 4.78 is 1.13. The molecule has 0 spiro atoms. The van der Waals surface area contributed by atoms with Gasteiger partial charge in [0.2, 0.25) is 0 Å². The highest BCUT2D eigenvalue weighted by Crippen LogP contribution is 2.24. The molecular formula is C10H13BrClNO2S. The second-order valence-electron chi connectivity index (χ2n) is 3.82. The Labute approximate surface area is 113 Å². The summed E-state index contributed by atoms with van der Waals surface area (Å²) in [5, 5.41) is 11.0. The van der Waals surface area contributed by atoms with Crippen LogP contribution in [0.15, 0.2) is 15.2 Å². The van der Waals surface area contributed by atoms with Crippen LogP contribution in [-0.4, -0.2) is 29.1 Å². The lowest BCUT2D eigenvalue weighted by Gasteiger charge is -2.13. The van der Waals surface area contributed by atoms with E-state index in [9.17, 15) is 4.79 Å². The molecule has 0 amide bonds. The molecule has 1 saturated heterocycles. The third-order valence-corrected chi connectivity index (χ3v) is 4.20. The third kappa shape index (κ3) is 3.45. The number of aliphatic carboxylic acids is 1. The fourth-order valence-corrected chi connectivity index (χ4v) is 3.07. The van der Waals surface area contributed by atoms with Crippen molar-refractivity contribution >= 4 is 45.6 Å². The zero-order valence-corrected chi connectivity index (χ0v) is 11.8. The summed E-state index contributed by atoms with van der Waals surface area (Å²) in [5.74, 6) is -0.837. The predicted molar refractivity (Wildman–Crippen MR) is 70.3 cm³/mol. The number of carbonyl (C=O) groups is 1. The van der Waals surface area contributed by atoms with Crippen LogP contribution < -0.4 is 0 Å². The van der Waals surface area contributed by atoms with Crippen molar-refractivity contribution in [1.29, 1.82) is 0 Å². The molecule has 3 nitrogen and oxygen atoms in total. The van der Waals surface area contributed by atoms with Gasteiger partial charge in [-0.3, -0.25) is 9.69 Å². The van der Waals surface area contributed by atoms with Crippen LogP contribution in [0.25, 0.3) is 0 Å². The molecular weight excluding hydrogens is 314 g/mol. The summed E-state index contributed by atoms with van der Waals surface area (Å²) in [6.45, 7) is 2.44. The Bertz CT molecular complexity index is 371. The average molecular weight is 327 g/mol. The summed E-state index contributed by atoms with van der Waals surface area (Å²) in [5.41, 5.74) is 1.26. The summed E-state index contributed by atoms with van der Waals surface area (Å²) in [4.78, 5) is 13.0. The number of carboxylic acid groups (broad SMARTS) is 1. The Balaban J connectivity index is 0.00000128. The van der Waals surface area contributed by atoms with Crippen LogP contribution in [0.4, 0.5) is 0 Å². The molecule has 1 aliphatic heterocycles. The van der Waals surface area contributed by atoms with Gasteiger partial charge in [-0.1, -0.05) is 0 Å². The quantitative estimate of drug-likeness (QED) is 0.928. The van der Waals surface area contributed by atoms with Gasteiger partial charge in [-0.2, -0.15) is 0 Å². The number of carboxylic acids is 1. The van der Waals surface area contributed by atoms with E-state index in [1.807, 2.05) is 0 Å². The predicted octanol–water partition coefficient (Wildman–Crippen LogP) is 2.84. The SMILES string of the molecule is Cl.O=C(O)C1CCN(Cc2csc(Br)c2)C1. The van der Waals surface area contributed by atoms with Gasteiger partial charge in [0.1, 0.15) is 0 Å². The maximum absolute atomic E-state index is 10.8. The molecule has 16 heavy (non-hydrogen) atoms. The Hall–Kier alpha value is -0.100. The van der Waals surface area contributed by atoms with Gasteiger partial charge in [-0.25, -0.2) is 0 Å². The van der Waals surface area contributed by atoms with E-state index in [2.05, 4.69) is 32.3 Å². The van der Waals surface area contributed by atoms with E-state index in [-0.39, 0.29) is 18.3 Å². The van der Waals surface area contributed by atoms with Crippen LogP contribution in [0, 0.1) is 5.92 Å². The lowest BCUT2D eigenvalue weighted by atomic mass is 10.1. The Morgan fingerprint density at radius 1 is 1.69 bits per heavy atom. The molecule has 1 aliphatic rings. The van der Waals surface area contributed by atoms with Crippen molar-refractivity contribution in [2.75, 3.05) is 13.1 Å². The van der Waals surface area contributed by atoms with Gasteiger partial charge in [-0.05, 0) is 45.9 Å². The largest absolute Gasteiger partial charge is 0.481 e. The molecule has 2 rings (SSSR count). The number of nitrogens with zero attached hydrogens (tertiary/aromatic N) is 1. The average Bonchev–Trinajstić information content (AvgIpc) is 2.76. The van der Waals surface area contributed by atoms with Gasteiger partial charge < -0.3 is 5.11 Å². The standard InChI is InChI=1S/C10H12BrNO2S.ClH/c11-9-3-7(6-15-9)4-12-2-1-8(5-12)10(13)14;/h3,6,8H,1-2,4-5H2,(H,13,14);1H. The lowest BCUT2D eigenvalue weighted by molar-refractivity contribution is -0.141. The molecule has 1 atom stereocenters. The molecule has 2 heterocycles. The summed E-state index contributed by atoms with van der Waals surface area (Å²) in [6, 6.07) is 2.10. The number of hydrogen-bond acceptors (Lipinski definition) is 3. The summed E-state index contributed by atoms with van der Waals surface area (Å²) >= 11 is 5.09. The van der Waals surface area contributed by atoms with Crippen molar-refractivity contribution in [3.63, 3.8) is 0 Å². The summed E-state index contributed by atoms with van der Waals surface area (Å²) in [7, 11) is 0. The minimum Gasteiger partial charge on any atom is -0.481 e. The van der Waals surface area contributed by atoms with Gasteiger partial charge >= 0.3 is 5.97 Å². The van der Waals surface area contributed by atoms with Crippen LogP contribution in [0.1, 0.15) is 12.0 Å². The first-order valence-electron chi connectivity index (χ1n) is 4.83.